The van der Waals surface area contributed by atoms with E-state index in [9.17, 15) is 9.59 Å². The predicted molar refractivity (Wildman–Crippen MR) is 95.0 cm³/mol. The van der Waals surface area contributed by atoms with Gasteiger partial charge in [-0.25, -0.2) is 9.59 Å². The third-order valence-electron chi connectivity index (χ3n) is 3.62. The van der Waals surface area contributed by atoms with Gasteiger partial charge in [-0.05, 0) is 20.3 Å². The summed E-state index contributed by atoms with van der Waals surface area (Å²) < 4.78 is 22.8. The SMILES string of the molecule is C=C(C)CO[C@@H]1[C@@H](OCC(=C)C)COC[C@H](NC(=O)O)C(=O)O[C@@H]1CC. The van der Waals surface area contributed by atoms with E-state index in [4.69, 9.17) is 24.1 Å². The number of carboxylic acid groups (broad SMARTS) is 1. The smallest absolute Gasteiger partial charge is 0.405 e. The van der Waals surface area contributed by atoms with Crippen LogP contribution < -0.4 is 5.32 Å². The van der Waals surface area contributed by atoms with E-state index in [0.29, 0.717) is 13.0 Å². The molecule has 0 aliphatic carbocycles. The quantitative estimate of drug-likeness (QED) is 0.496. The lowest BCUT2D eigenvalue weighted by molar-refractivity contribution is -0.168. The zero-order valence-electron chi connectivity index (χ0n) is 15.7. The third-order valence-corrected chi connectivity index (χ3v) is 3.62. The number of nitrogens with one attached hydrogen (secondary N) is 1. The van der Waals surface area contributed by atoms with Crippen LogP contribution in [0.15, 0.2) is 24.3 Å². The van der Waals surface area contributed by atoms with Crippen LogP contribution in [-0.2, 0) is 23.7 Å². The zero-order chi connectivity index (χ0) is 19.7. The van der Waals surface area contributed by atoms with E-state index < -0.39 is 36.4 Å². The molecule has 2 N–H and O–H groups in total. The average Bonchev–Trinajstić information content (AvgIpc) is 2.60. The molecule has 8 heteroatoms. The molecule has 1 rings (SSSR count). The number of esters is 1. The van der Waals surface area contributed by atoms with Crippen molar-refractivity contribution in [2.24, 2.45) is 0 Å². The van der Waals surface area contributed by atoms with E-state index in [-0.39, 0.29) is 19.8 Å². The largest absolute Gasteiger partial charge is 0.465 e. The van der Waals surface area contributed by atoms with Crippen molar-refractivity contribution in [1.29, 1.82) is 0 Å². The fourth-order valence-electron chi connectivity index (χ4n) is 2.41. The molecule has 0 radical (unpaired) electrons. The van der Waals surface area contributed by atoms with Crippen molar-refractivity contribution in [2.75, 3.05) is 26.4 Å². The summed E-state index contributed by atoms with van der Waals surface area (Å²) in [6.07, 6.45) is -2.56. The summed E-state index contributed by atoms with van der Waals surface area (Å²) >= 11 is 0. The minimum absolute atomic E-state index is 0.124. The first-order valence-electron chi connectivity index (χ1n) is 8.54. The van der Waals surface area contributed by atoms with Crippen LogP contribution in [0, 0.1) is 0 Å². The topological polar surface area (TPSA) is 103 Å². The van der Waals surface area contributed by atoms with Crippen LogP contribution in [0.25, 0.3) is 0 Å². The molecule has 0 spiro atoms. The Hall–Kier alpha value is -1.90. The lowest BCUT2D eigenvalue weighted by Crippen LogP contribution is -2.47. The van der Waals surface area contributed by atoms with E-state index in [1.807, 2.05) is 20.8 Å². The second-order valence-electron chi connectivity index (χ2n) is 6.46. The molecule has 0 aromatic carbocycles. The van der Waals surface area contributed by atoms with Crippen molar-refractivity contribution in [3.05, 3.63) is 24.3 Å². The molecule has 0 aromatic heterocycles. The summed E-state index contributed by atoms with van der Waals surface area (Å²) in [6.45, 7) is 13.7. The van der Waals surface area contributed by atoms with Crippen LogP contribution in [0.3, 0.4) is 0 Å². The summed E-state index contributed by atoms with van der Waals surface area (Å²) in [5.41, 5.74) is 1.65. The molecule has 1 amide bonds. The van der Waals surface area contributed by atoms with Crippen molar-refractivity contribution >= 4 is 12.1 Å². The number of hydrogen-bond donors (Lipinski definition) is 2. The molecule has 1 heterocycles. The van der Waals surface area contributed by atoms with Crippen molar-refractivity contribution in [2.45, 2.75) is 51.5 Å². The highest BCUT2D eigenvalue weighted by molar-refractivity contribution is 5.81. The van der Waals surface area contributed by atoms with Gasteiger partial charge in [-0.3, -0.25) is 0 Å². The molecule has 26 heavy (non-hydrogen) atoms. The van der Waals surface area contributed by atoms with E-state index >= 15 is 0 Å². The van der Waals surface area contributed by atoms with E-state index in [2.05, 4.69) is 18.5 Å². The fraction of sp³-hybridized carbons (Fsp3) is 0.667. The Morgan fingerprint density at radius 2 is 1.85 bits per heavy atom. The maximum atomic E-state index is 12.3. The van der Waals surface area contributed by atoms with Gasteiger partial charge in [0, 0.05) is 0 Å². The Balaban J connectivity index is 3.02. The van der Waals surface area contributed by atoms with Crippen LogP contribution in [-0.4, -0.2) is 68.0 Å². The van der Waals surface area contributed by atoms with Gasteiger partial charge in [0.05, 0.1) is 26.4 Å². The molecule has 0 saturated carbocycles. The van der Waals surface area contributed by atoms with Gasteiger partial charge in [-0.15, -0.1) is 0 Å². The third kappa shape index (κ3) is 7.55. The lowest BCUT2D eigenvalue weighted by atomic mass is 10.1. The normalized spacial score (nSPS) is 26.8. The summed E-state index contributed by atoms with van der Waals surface area (Å²) in [6, 6.07) is -1.11. The fourth-order valence-corrected chi connectivity index (χ4v) is 2.41. The number of ether oxygens (including phenoxy) is 4. The number of carbonyl (C=O) groups is 2. The van der Waals surface area contributed by atoms with Gasteiger partial charge in [0.15, 0.2) is 6.04 Å². The summed E-state index contributed by atoms with van der Waals surface area (Å²) in [4.78, 5) is 23.2. The number of cyclic esters (lactones) is 1. The molecule has 1 saturated heterocycles. The van der Waals surface area contributed by atoms with Crippen molar-refractivity contribution in [1.82, 2.24) is 5.32 Å². The first-order chi connectivity index (χ1) is 12.2. The van der Waals surface area contributed by atoms with Gasteiger partial charge in [0.25, 0.3) is 0 Å². The lowest BCUT2D eigenvalue weighted by Gasteiger charge is -2.32. The van der Waals surface area contributed by atoms with Gasteiger partial charge in [-0.1, -0.05) is 31.2 Å². The van der Waals surface area contributed by atoms with Crippen LogP contribution >= 0.6 is 0 Å². The van der Waals surface area contributed by atoms with Gasteiger partial charge in [-0.2, -0.15) is 0 Å². The molecule has 148 valence electrons. The number of amides is 1. The monoisotopic (exact) mass is 371 g/mol. The van der Waals surface area contributed by atoms with E-state index in [1.54, 1.807) is 0 Å². The highest BCUT2D eigenvalue weighted by Gasteiger charge is 2.37. The Morgan fingerprint density at radius 1 is 1.23 bits per heavy atom. The molecule has 1 aliphatic rings. The predicted octanol–water partition coefficient (Wildman–Crippen LogP) is 1.90. The zero-order valence-corrected chi connectivity index (χ0v) is 15.7. The van der Waals surface area contributed by atoms with Crippen molar-refractivity contribution in [3.8, 4) is 0 Å². The van der Waals surface area contributed by atoms with Gasteiger partial charge >= 0.3 is 12.1 Å². The number of rotatable bonds is 8. The molecule has 0 bridgehead atoms. The van der Waals surface area contributed by atoms with Crippen molar-refractivity contribution in [3.63, 3.8) is 0 Å². The molecular formula is C18H29NO7. The van der Waals surface area contributed by atoms with Crippen LogP contribution in [0.1, 0.15) is 27.2 Å². The summed E-state index contributed by atoms with van der Waals surface area (Å²) in [5.74, 6) is -0.705. The Bertz CT molecular complexity index is 520. The van der Waals surface area contributed by atoms with E-state index in [1.165, 1.54) is 0 Å². The molecule has 1 aliphatic heterocycles. The van der Waals surface area contributed by atoms with Crippen LogP contribution in [0.4, 0.5) is 4.79 Å². The van der Waals surface area contributed by atoms with Crippen molar-refractivity contribution < 1.29 is 33.6 Å². The molecular weight excluding hydrogens is 342 g/mol. The molecule has 0 unspecified atom stereocenters. The second kappa shape index (κ2) is 10.9. The molecule has 4 atom stereocenters. The number of hydrogen-bond acceptors (Lipinski definition) is 6. The Morgan fingerprint density at radius 3 is 2.38 bits per heavy atom. The van der Waals surface area contributed by atoms with Crippen LogP contribution in [0.5, 0.6) is 0 Å². The highest BCUT2D eigenvalue weighted by atomic mass is 16.6. The highest BCUT2D eigenvalue weighted by Crippen LogP contribution is 2.20. The maximum absolute atomic E-state index is 12.3. The Kier molecular flexibility index (Phi) is 9.32. The molecule has 8 nitrogen and oxygen atoms in total. The first-order valence-corrected chi connectivity index (χ1v) is 8.54. The van der Waals surface area contributed by atoms with Crippen LogP contribution in [0.2, 0.25) is 0 Å². The Labute approximate surface area is 154 Å². The minimum Gasteiger partial charge on any atom is -0.465 e. The van der Waals surface area contributed by atoms with E-state index in [0.717, 1.165) is 11.1 Å². The minimum atomic E-state index is -1.33. The second-order valence-corrected chi connectivity index (χ2v) is 6.46. The molecule has 1 fully saturated rings. The number of carbonyl (C=O) groups excluding carboxylic acids is 1. The van der Waals surface area contributed by atoms with Gasteiger partial charge in [0.1, 0.15) is 18.3 Å². The molecule has 0 aromatic rings. The van der Waals surface area contributed by atoms with Gasteiger partial charge in [0.2, 0.25) is 0 Å². The maximum Gasteiger partial charge on any atom is 0.405 e. The summed E-state index contributed by atoms with van der Waals surface area (Å²) in [5, 5.41) is 11.0. The summed E-state index contributed by atoms with van der Waals surface area (Å²) in [7, 11) is 0. The standard InChI is InChI=1S/C18H29NO7/c1-6-14-16(25-8-12(4)5)15(24-7-11(2)3)10-23-9-13(17(20)26-14)19-18(21)22/h13-16,19H,2,4,6-10H2,1,3,5H3,(H,21,22)/t13-,14+,15-,16-/m0/s1. The van der Waals surface area contributed by atoms with Gasteiger partial charge < -0.3 is 29.4 Å². The first kappa shape index (κ1) is 22.1. The average molecular weight is 371 g/mol.